The van der Waals surface area contributed by atoms with Gasteiger partial charge in [-0.15, -0.1) is 0 Å². The number of hydrogen-bond acceptors (Lipinski definition) is 4. The molecule has 1 unspecified atom stereocenters. The third-order valence-corrected chi connectivity index (χ3v) is 4.38. The monoisotopic (exact) mass is 273 g/mol. The minimum atomic E-state index is 0.481. The summed E-state index contributed by atoms with van der Waals surface area (Å²) in [4.78, 5) is 9.33. The fraction of sp³-hybridized carbons (Fsp3) is 0.533. The first-order valence-electron chi connectivity index (χ1n) is 7.16. The number of rotatable bonds is 2. The van der Waals surface area contributed by atoms with Gasteiger partial charge in [0.25, 0.3) is 0 Å². The lowest BCUT2D eigenvalue weighted by atomic mass is 10.1. The summed E-state index contributed by atoms with van der Waals surface area (Å²) in [7, 11) is 4.37. The highest BCUT2D eigenvalue weighted by molar-refractivity contribution is 5.81. The van der Waals surface area contributed by atoms with Gasteiger partial charge in [0.05, 0.1) is 11.0 Å². The van der Waals surface area contributed by atoms with Crippen LogP contribution in [0.1, 0.15) is 5.56 Å². The molecular formula is C15H23N5. The molecule has 1 fully saturated rings. The van der Waals surface area contributed by atoms with E-state index in [1.807, 2.05) is 0 Å². The van der Waals surface area contributed by atoms with Gasteiger partial charge in [0.2, 0.25) is 5.95 Å². The van der Waals surface area contributed by atoms with E-state index in [0.717, 1.165) is 37.2 Å². The Hall–Kier alpha value is -1.59. The normalized spacial score (nSPS) is 21.6. The summed E-state index contributed by atoms with van der Waals surface area (Å²) < 4.78 is 2.16. The van der Waals surface area contributed by atoms with Crippen LogP contribution >= 0.6 is 0 Å². The lowest BCUT2D eigenvalue weighted by molar-refractivity contribution is 0.104. The van der Waals surface area contributed by atoms with Gasteiger partial charge in [-0.3, -0.25) is 4.90 Å². The van der Waals surface area contributed by atoms with Crippen molar-refractivity contribution in [2.24, 2.45) is 0 Å². The highest BCUT2D eigenvalue weighted by Crippen LogP contribution is 2.22. The second-order valence-corrected chi connectivity index (χ2v) is 5.92. The summed E-state index contributed by atoms with van der Waals surface area (Å²) >= 11 is 0. The lowest BCUT2D eigenvalue weighted by Gasteiger charge is -2.38. The van der Waals surface area contributed by atoms with Gasteiger partial charge >= 0.3 is 0 Å². The number of imidazole rings is 1. The second kappa shape index (κ2) is 5.07. The molecule has 108 valence electrons. The summed E-state index contributed by atoms with van der Waals surface area (Å²) in [6.07, 6.45) is 0. The zero-order chi connectivity index (χ0) is 14.3. The number of benzene rings is 1. The Balaban J connectivity index is 1.94. The van der Waals surface area contributed by atoms with E-state index < -0.39 is 0 Å². The third kappa shape index (κ3) is 2.27. The molecule has 0 aliphatic carbocycles. The molecular weight excluding hydrogens is 250 g/mol. The highest BCUT2D eigenvalue weighted by atomic mass is 15.3. The molecule has 0 saturated carbocycles. The predicted octanol–water partition coefficient (Wildman–Crippen LogP) is 1.17. The molecule has 20 heavy (non-hydrogen) atoms. The number of hydrogen-bond donors (Lipinski definition) is 1. The van der Waals surface area contributed by atoms with Crippen molar-refractivity contribution in [1.29, 1.82) is 0 Å². The summed E-state index contributed by atoms with van der Waals surface area (Å²) in [5, 5.41) is 0. The van der Waals surface area contributed by atoms with E-state index in [-0.39, 0.29) is 0 Å². The number of nitrogens with zero attached hydrogens (tertiary/aromatic N) is 4. The minimum absolute atomic E-state index is 0.481. The summed E-state index contributed by atoms with van der Waals surface area (Å²) in [5.41, 5.74) is 9.49. The van der Waals surface area contributed by atoms with Crippen LogP contribution in [0.25, 0.3) is 11.0 Å². The number of likely N-dealkylation sites (N-methyl/N-ethyl adjacent to an activating group) is 2. The molecule has 5 heteroatoms. The van der Waals surface area contributed by atoms with Gasteiger partial charge in [-0.2, -0.15) is 0 Å². The van der Waals surface area contributed by atoms with E-state index in [2.05, 4.69) is 58.6 Å². The molecule has 0 radical (unpaired) electrons. The second-order valence-electron chi connectivity index (χ2n) is 5.92. The highest BCUT2D eigenvalue weighted by Gasteiger charge is 2.24. The molecule has 2 heterocycles. The maximum Gasteiger partial charge on any atom is 0.201 e. The summed E-state index contributed by atoms with van der Waals surface area (Å²) in [6.45, 7) is 6.28. The first-order chi connectivity index (χ1) is 9.56. The Morgan fingerprint density at radius 2 is 2.10 bits per heavy atom. The Morgan fingerprint density at radius 1 is 1.30 bits per heavy atom. The molecule has 1 aliphatic heterocycles. The SMILES string of the molecule is Cc1cccc2c1nc(N)n2CC1CN(C)CCN1C. The van der Waals surface area contributed by atoms with E-state index >= 15 is 0 Å². The number of aryl methyl sites for hydroxylation is 1. The maximum atomic E-state index is 6.14. The minimum Gasteiger partial charge on any atom is -0.369 e. The molecule has 3 rings (SSSR count). The molecule has 1 atom stereocenters. The van der Waals surface area contributed by atoms with Crippen molar-refractivity contribution in [3.63, 3.8) is 0 Å². The largest absolute Gasteiger partial charge is 0.369 e. The first kappa shape index (κ1) is 13.4. The number of anilines is 1. The topological polar surface area (TPSA) is 50.3 Å². The molecule has 1 aliphatic rings. The van der Waals surface area contributed by atoms with E-state index in [1.54, 1.807) is 0 Å². The number of piperazine rings is 1. The van der Waals surface area contributed by atoms with Crippen molar-refractivity contribution in [3.8, 4) is 0 Å². The molecule has 1 aromatic carbocycles. The number of fused-ring (bicyclic) bond motifs is 1. The number of nitrogen functional groups attached to an aromatic ring is 1. The van der Waals surface area contributed by atoms with Crippen LogP contribution in [-0.2, 0) is 6.54 Å². The van der Waals surface area contributed by atoms with Crippen molar-refractivity contribution in [3.05, 3.63) is 23.8 Å². The van der Waals surface area contributed by atoms with Gasteiger partial charge in [-0.05, 0) is 32.6 Å². The van der Waals surface area contributed by atoms with Gasteiger partial charge in [-0.1, -0.05) is 12.1 Å². The summed E-state index contributed by atoms with van der Waals surface area (Å²) in [5.74, 6) is 0.621. The van der Waals surface area contributed by atoms with E-state index in [1.165, 1.54) is 5.56 Å². The van der Waals surface area contributed by atoms with Crippen LogP contribution in [0.4, 0.5) is 5.95 Å². The van der Waals surface area contributed by atoms with Crippen molar-refractivity contribution in [1.82, 2.24) is 19.4 Å². The van der Waals surface area contributed by atoms with Gasteiger partial charge in [0, 0.05) is 32.2 Å². The van der Waals surface area contributed by atoms with Gasteiger partial charge in [-0.25, -0.2) is 4.98 Å². The quantitative estimate of drug-likeness (QED) is 0.892. The van der Waals surface area contributed by atoms with Crippen molar-refractivity contribution in [2.75, 3.05) is 39.5 Å². The Morgan fingerprint density at radius 3 is 2.90 bits per heavy atom. The Kier molecular flexibility index (Phi) is 3.40. The lowest BCUT2D eigenvalue weighted by Crippen LogP contribution is -2.51. The molecule has 5 nitrogen and oxygen atoms in total. The number of nitrogens with two attached hydrogens (primary N) is 1. The Labute approximate surface area is 120 Å². The standard InChI is InChI=1S/C15H23N5/c1-11-5-4-6-13-14(11)17-15(16)20(13)10-12-9-18(2)7-8-19(12)3/h4-6,12H,7-10H2,1-3H3,(H2,16,17). The summed E-state index contributed by atoms with van der Waals surface area (Å²) in [6, 6.07) is 6.75. The fourth-order valence-electron chi connectivity index (χ4n) is 3.01. The number of para-hydroxylation sites is 1. The van der Waals surface area contributed by atoms with Gasteiger partial charge < -0.3 is 15.2 Å². The van der Waals surface area contributed by atoms with Gasteiger partial charge in [0.1, 0.15) is 0 Å². The predicted molar refractivity (Wildman–Crippen MR) is 82.8 cm³/mol. The van der Waals surface area contributed by atoms with Crippen LogP contribution in [0.3, 0.4) is 0 Å². The Bertz CT molecular complexity index is 618. The van der Waals surface area contributed by atoms with Crippen molar-refractivity contribution in [2.45, 2.75) is 19.5 Å². The molecule has 0 bridgehead atoms. The van der Waals surface area contributed by atoms with Crippen LogP contribution in [0.5, 0.6) is 0 Å². The zero-order valence-corrected chi connectivity index (χ0v) is 12.5. The first-order valence-corrected chi connectivity index (χ1v) is 7.16. The van der Waals surface area contributed by atoms with Crippen LogP contribution in [0.2, 0.25) is 0 Å². The van der Waals surface area contributed by atoms with Crippen LogP contribution in [0.15, 0.2) is 18.2 Å². The average molecular weight is 273 g/mol. The van der Waals surface area contributed by atoms with Crippen LogP contribution in [-0.4, -0.2) is 59.1 Å². The molecule has 2 aromatic rings. The smallest absolute Gasteiger partial charge is 0.201 e. The average Bonchev–Trinajstić information content (AvgIpc) is 2.73. The molecule has 0 amide bonds. The molecule has 1 aromatic heterocycles. The van der Waals surface area contributed by atoms with Crippen LogP contribution < -0.4 is 5.73 Å². The van der Waals surface area contributed by atoms with Crippen molar-refractivity contribution >= 4 is 17.0 Å². The van der Waals surface area contributed by atoms with Crippen molar-refractivity contribution < 1.29 is 0 Å². The fourth-order valence-corrected chi connectivity index (χ4v) is 3.01. The third-order valence-electron chi connectivity index (χ3n) is 4.38. The zero-order valence-electron chi connectivity index (χ0n) is 12.5. The number of aromatic nitrogens is 2. The molecule has 1 saturated heterocycles. The van der Waals surface area contributed by atoms with Crippen LogP contribution in [0, 0.1) is 6.92 Å². The van der Waals surface area contributed by atoms with E-state index in [4.69, 9.17) is 5.73 Å². The van der Waals surface area contributed by atoms with E-state index in [0.29, 0.717) is 12.0 Å². The maximum absolute atomic E-state index is 6.14. The van der Waals surface area contributed by atoms with E-state index in [9.17, 15) is 0 Å². The van der Waals surface area contributed by atoms with Gasteiger partial charge in [0.15, 0.2) is 0 Å². The molecule has 0 spiro atoms. The molecule has 2 N–H and O–H groups in total.